The van der Waals surface area contributed by atoms with Crippen molar-refractivity contribution in [2.24, 2.45) is 17.8 Å². The van der Waals surface area contributed by atoms with Crippen LogP contribution in [0, 0.1) is 23.6 Å². The molecule has 1 nitrogen and oxygen atoms in total. The van der Waals surface area contributed by atoms with E-state index in [4.69, 9.17) is 11.6 Å². The molecule has 0 spiro atoms. The van der Waals surface area contributed by atoms with E-state index < -0.39 is 0 Å². The van der Waals surface area contributed by atoms with Crippen LogP contribution in [0.15, 0.2) is 18.2 Å². The summed E-state index contributed by atoms with van der Waals surface area (Å²) in [4.78, 5) is 0. The molecule has 1 aromatic rings. The Kier molecular flexibility index (Phi) is 3.81. The predicted octanol–water partition coefficient (Wildman–Crippen LogP) is 4.57. The summed E-state index contributed by atoms with van der Waals surface area (Å²) in [6, 6.07) is 5.00. The molecule has 2 aliphatic rings. The molecule has 104 valence electrons. The highest BCUT2D eigenvalue weighted by atomic mass is 35.5. The van der Waals surface area contributed by atoms with E-state index in [0.717, 1.165) is 29.7 Å². The fourth-order valence-corrected chi connectivity index (χ4v) is 4.45. The molecular weight excluding hydrogens is 261 g/mol. The van der Waals surface area contributed by atoms with Gasteiger partial charge in [-0.25, -0.2) is 4.39 Å². The van der Waals surface area contributed by atoms with Gasteiger partial charge in [0.1, 0.15) is 5.82 Å². The fourth-order valence-electron chi connectivity index (χ4n) is 4.15. The van der Waals surface area contributed by atoms with Crippen molar-refractivity contribution >= 4 is 11.6 Å². The van der Waals surface area contributed by atoms with E-state index in [1.807, 2.05) is 13.1 Å². The van der Waals surface area contributed by atoms with Crippen LogP contribution in [0.1, 0.15) is 43.7 Å². The molecule has 1 N–H and O–H groups in total. The molecule has 2 aliphatic carbocycles. The summed E-state index contributed by atoms with van der Waals surface area (Å²) in [7, 11) is 1.97. The first-order valence-corrected chi connectivity index (χ1v) is 7.67. The summed E-state index contributed by atoms with van der Waals surface area (Å²) in [6.45, 7) is 0. The van der Waals surface area contributed by atoms with E-state index in [-0.39, 0.29) is 11.9 Å². The quantitative estimate of drug-likeness (QED) is 0.853. The predicted molar refractivity (Wildman–Crippen MR) is 76.8 cm³/mol. The topological polar surface area (TPSA) is 12.0 Å². The lowest BCUT2D eigenvalue weighted by atomic mass is 9.83. The van der Waals surface area contributed by atoms with Gasteiger partial charge < -0.3 is 5.32 Å². The molecule has 0 saturated heterocycles. The van der Waals surface area contributed by atoms with Gasteiger partial charge in [0, 0.05) is 11.1 Å². The minimum absolute atomic E-state index is 0.248. The Bertz CT molecular complexity index is 462. The van der Waals surface area contributed by atoms with Crippen LogP contribution < -0.4 is 5.32 Å². The molecule has 2 bridgehead atoms. The van der Waals surface area contributed by atoms with Crippen LogP contribution in [-0.4, -0.2) is 7.05 Å². The SMILES string of the molecule is CNC(CC1CC2CCC1C2)c1ccc(F)cc1Cl. The van der Waals surface area contributed by atoms with Crippen molar-refractivity contribution in [2.45, 2.75) is 38.1 Å². The van der Waals surface area contributed by atoms with Crippen LogP contribution >= 0.6 is 11.6 Å². The Hall–Kier alpha value is -0.600. The molecule has 4 atom stereocenters. The van der Waals surface area contributed by atoms with Gasteiger partial charge in [0.2, 0.25) is 0 Å². The molecule has 4 unspecified atom stereocenters. The van der Waals surface area contributed by atoms with Gasteiger partial charge in [-0.1, -0.05) is 24.1 Å². The normalized spacial score (nSPS) is 30.8. The van der Waals surface area contributed by atoms with Crippen LogP contribution in [0.3, 0.4) is 0 Å². The number of rotatable bonds is 4. The number of halogens is 2. The number of hydrogen-bond donors (Lipinski definition) is 1. The second-order valence-corrected chi connectivity index (χ2v) is 6.58. The second kappa shape index (κ2) is 5.41. The van der Waals surface area contributed by atoms with Crippen LogP contribution in [0.4, 0.5) is 4.39 Å². The van der Waals surface area contributed by atoms with E-state index in [1.54, 1.807) is 0 Å². The molecule has 1 aromatic carbocycles. The van der Waals surface area contributed by atoms with Gasteiger partial charge in [0.15, 0.2) is 0 Å². The summed E-state index contributed by atoms with van der Waals surface area (Å²) >= 11 is 6.19. The Morgan fingerprint density at radius 3 is 2.79 bits per heavy atom. The Balaban J connectivity index is 1.73. The van der Waals surface area contributed by atoms with Gasteiger partial charge in [0.05, 0.1) is 0 Å². The first-order chi connectivity index (χ1) is 9.17. The maximum Gasteiger partial charge on any atom is 0.124 e. The monoisotopic (exact) mass is 281 g/mol. The lowest BCUT2D eigenvalue weighted by Gasteiger charge is -2.27. The zero-order valence-corrected chi connectivity index (χ0v) is 12.1. The highest BCUT2D eigenvalue weighted by molar-refractivity contribution is 6.31. The van der Waals surface area contributed by atoms with Gasteiger partial charge in [-0.05, 0) is 68.2 Å². The molecule has 2 fully saturated rings. The molecular formula is C16H21ClFN. The highest BCUT2D eigenvalue weighted by Gasteiger charge is 2.40. The number of fused-ring (bicyclic) bond motifs is 2. The van der Waals surface area contributed by atoms with Gasteiger partial charge in [-0.2, -0.15) is 0 Å². The van der Waals surface area contributed by atoms with E-state index in [0.29, 0.717) is 5.02 Å². The van der Waals surface area contributed by atoms with Crippen LogP contribution in [0.25, 0.3) is 0 Å². The molecule has 19 heavy (non-hydrogen) atoms. The molecule has 0 radical (unpaired) electrons. The molecule has 2 saturated carbocycles. The van der Waals surface area contributed by atoms with E-state index in [1.165, 1.54) is 37.8 Å². The average Bonchev–Trinajstić information content (AvgIpc) is 2.99. The molecule has 3 heteroatoms. The Labute approximate surface area is 119 Å². The summed E-state index contributed by atoms with van der Waals surface area (Å²) in [6.07, 6.45) is 6.77. The highest BCUT2D eigenvalue weighted by Crippen LogP contribution is 2.51. The molecule has 3 rings (SSSR count). The summed E-state index contributed by atoms with van der Waals surface area (Å²) in [5.41, 5.74) is 1.04. The number of nitrogens with one attached hydrogen (secondary N) is 1. The van der Waals surface area contributed by atoms with Gasteiger partial charge >= 0.3 is 0 Å². The van der Waals surface area contributed by atoms with E-state index in [2.05, 4.69) is 5.32 Å². The summed E-state index contributed by atoms with van der Waals surface area (Å²) in [5, 5.41) is 3.90. The first-order valence-electron chi connectivity index (χ1n) is 7.29. The van der Waals surface area contributed by atoms with Crippen LogP contribution in [-0.2, 0) is 0 Å². The lowest BCUT2D eigenvalue weighted by Crippen LogP contribution is -2.23. The zero-order valence-electron chi connectivity index (χ0n) is 11.3. The third-order valence-electron chi connectivity index (χ3n) is 5.11. The lowest BCUT2D eigenvalue weighted by molar-refractivity contribution is 0.284. The smallest absolute Gasteiger partial charge is 0.124 e. The van der Waals surface area contributed by atoms with Crippen molar-refractivity contribution in [3.63, 3.8) is 0 Å². The fraction of sp³-hybridized carbons (Fsp3) is 0.625. The van der Waals surface area contributed by atoms with Crippen molar-refractivity contribution < 1.29 is 4.39 Å². The van der Waals surface area contributed by atoms with E-state index in [9.17, 15) is 4.39 Å². The number of hydrogen-bond acceptors (Lipinski definition) is 1. The van der Waals surface area contributed by atoms with Crippen LogP contribution in [0.5, 0.6) is 0 Å². The van der Waals surface area contributed by atoms with Gasteiger partial charge in [-0.15, -0.1) is 0 Å². The molecule has 0 aromatic heterocycles. The average molecular weight is 282 g/mol. The van der Waals surface area contributed by atoms with E-state index >= 15 is 0 Å². The molecule has 0 heterocycles. The summed E-state index contributed by atoms with van der Waals surface area (Å²) in [5.74, 6) is 2.44. The number of benzene rings is 1. The van der Waals surface area contributed by atoms with Gasteiger partial charge in [0.25, 0.3) is 0 Å². The third kappa shape index (κ3) is 2.66. The maximum absolute atomic E-state index is 13.1. The van der Waals surface area contributed by atoms with Crippen molar-refractivity contribution in [2.75, 3.05) is 7.05 Å². The maximum atomic E-state index is 13.1. The summed E-state index contributed by atoms with van der Waals surface area (Å²) < 4.78 is 13.1. The van der Waals surface area contributed by atoms with Crippen molar-refractivity contribution in [3.8, 4) is 0 Å². The third-order valence-corrected chi connectivity index (χ3v) is 5.44. The second-order valence-electron chi connectivity index (χ2n) is 6.18. The van der Waals surface area contributed by atoms with Crippen LogP contribution in [0.2, 0.25) is 5.02 Å². The largest absolute Gasteiger partial charge is 0.313 e. The molecule has 0 aliphatic heterocycles. The Morgan fingerprint density at radius 2 is 2.21 bits per heavy atom. The zero-order chi connectivity index (χ0) is 13.4. The first kappa shape index (κ1) is 13.4. The van der Waals surface area contributed by atoms with Crippen molar-refractivity contribution in [1.29, 1.82) is 0 Å². The van der Waals surface area contributed by atoms with Crippen molar-refractivity contribution in [3.05, 3.63) is 34.6 Å². The Morgan fingerprint density at radius 1 is 1.37 bits per heavy atom. The minimum atomic E-state index is -0.261. The molecule has 0 amide bonds. The minimum Gasteiger partial charge on any atom is -0.313 e. The van der Waals surface area contributed by atoms with Gasteiger partial charge in [-0.3, -0.25) is 0 Å². The standard InChI is InChI=1S/C16H21ClFN/c1-19-16(14-5-4-13(18)9-15(14)17)8-12-7-10-2-3-11(12)6-10/h4-5,9-12,16,19H,2-3,6-8H2,1H3. The van der Waals surface area contributed by atoms with Crippen molar-refractivity contribution in [1.82, 2.24) is 5.32 Å².